The van der Waals surface area contributed by atoms with E-state index in [-0.39, 0.29) is 6.04 Å². The minimum Gasteiger partial charge on any atom is -0.284 e. The molecule has 0 bridgehead atoms. The molecule has 2 heteroatoms. The van der Waals surface area contributed by atoms with Crippen molar-refractivity contribution in [2.24, 2.45) is 9.98 Å². The number of rotatable bonds is 5. The second kappa shape index (κ2) is 8.17. The van der Waals surface area contributed by atoms with Gasteiger partial charge in [-0.2, -0.15) is 0 Å². The van der Waals surface area contributed by atoms with Crippen molar-refractivity contribution >= 4 is 12.9 Å². The average molecular weight is 190 g/mol. The number of nitrogens with zero attached hydrogens (tertiary/aromatic N) is 2. The Morgan fingerprint density at radius 3 is 2.36 bits per heavy atom. The van der Waals surface area contributed by atoms with Crippen molar-refractivity contribution in [2.45, 2.75) is 26.8 Å². The van der Waals surface area contributed by atoms with Crippen LogP contribution in [-0.4, -0.2) is 19.0 Å². The summed E-state index contributed by atoms with van der Waals surface area (Å²) in [5.41, 5.74) is 0.860. The van der Waals surface area contributed by atoms with E-state index in [0.717, 1.165) is 5.70 Å². The van der Waals surface area contributed by atoms with Crippen LogP contribution in [0.1, 0.15) is 20.8 Å². The van der Waals surface area contributed by atoms with E-state index in [1.165, 1.54) is 0 Å². The number of allylic oxidation sites excluding steroid dienone is 4. The van der Waals surface area contributed by atoms with Crippen molar-refractivity contribution in [2.75, 3.05) is 0 Å². The molecular weight excluding hydrogens is 172 g/mol. The number of hydrogen-bond donors (Lipinski definition) is 0. The molecule has 0 aromatic rings. The van der Waals surface area contributed by atoms with Gasteiger partial charge in [0.25, 0.3) is 0 Å². The van der Waals surface area contributed by atoms with Crippen LogP contribution in [0, 0.1) is 0 Å². The summed E-state index contributed by atoms with van der Waals surface area (Å²) in [6.45, 7) is 9.37. The minimum atomic E-state index is -0.0151. The van der Waals surface area contributed by atoms with Crippen LogP contribution in [0.15, 0.2) is 46.1 Å². The standard InChI is InChI=1S/C12H18N2/c1-5-8-10-11(13-4)12(9-6-2)14-7-3/h5-10,12H,4H2,1-3H3. The van der Waals surface area contributed by atoms with Crippen molar-refractivity contribution in [1.82, 2.24) is 0 Å². The lowest BCUT2D eigenvalue weighted by Crippen LogP contribution is -2.02. The molecular formula is C12H18N2. The van der Waals surface area contributed by atoms with Gasteiger partial charge in [0.1, 0.15) is 6.04 Å². The monoisotopic (exact) mass is 190 g/mol. The molecule has 0 heterocycles. The maximum Gasteiger partial charge on any atom is 0.110 e. The highest BCUT2D eigenvalue weighted by atomic mass is 14.9. The van der Waals surface area contributed by atoms with Gasteiger partial charge in [-0.3, -0.25) is 9.98 Å². The molecule has 0 aliphatic heterocycles. The molecule has 0 aliphatic carbocycles. The van der Waals surface area contributed by atoms with Crippen LogP contribution in [0.5, 0.6) is 0 Å². The summed E-state index contributed by atoms with van der Waals surface area (Å²) in [7, 11) is 0. The fourth-order valence-electron chi connectivity index (χ4n) is 1.01. The SMILES string of the molecule is C=NC(=CC=CC)C(C=CC)N=CC. The maximum atomic E-state index is 4.29. The summed E-state index contributed by atoms with van der Waals surface area (Å²) in [5.74, 6) is 0. The van der Waals surface area contributed by atoms with Crippen molar-refractivity contribution < 1.29 is 0 Å². The van der Waals surface area contributed by atoms with Crippen LogP contribution in [0.25, 0.3) is 0 Å². The van der Waals surface area contributed by atoms with E-state index in [0.29, 0.717) is 0 Å². The maximum absolute atomic E-state index is 4.29. The molecule has 76 valence electrons. The first-order valence-corrected chi connectivity index (χ1v) is 4.70. The lowest BCUT2D eigenvalue weighted by Gasteiger charge is -2.06. The third-order valence-electron chi connectivity index (χ3n) is 1.63. The molecule has 14 heavy (non-hydrogen) atoms. The molecule has 0 rings (SSSR count). The first-order valence-electron chi connectivity index (χ1n) is 4.70. The van der Waals surface area contributed by atoms with E-state index in [4.69, 9.17) is 0 Å². The highest BCUT2D eigenvalue weighted by Crippen LogP contribution is 2.09. The molecule has 0 aliphatic rings. The summed E-state index contributed by atoms with van der Waals surface area (Å²) in [6.07, 6.45) is 11.5. The second-order valence-electron chi connectivity index (χ2n) is 2.65. The highest BCUT2D eigenvalue weighted by Gasteiger charge is 2.04. The molecule has 0 saturated heterocycles. The van der Waals surface area contributed by atoms with E-state index in [9.17, 15) is 0 Å². The van der Waals surface area contributed by atoms with Gasteiger partial charge in [-0.15, -0.1) is 0 Å². The van der Waals surface area contributed by atoms with Gasteiger partial charge < -0.3 is 0 Å². The van der Waals surface area contributed by atoms with Gasteiger partial charge in [0.05, 0.1) is 5.70 Å². The predicted octanol–water partition coefficient (Wildman–Crippen LogP) is 3.18. The van der Waals surface area contributed by atoms with Gasteiger partial charge in [0.2, 0.25) is 0 Å². The Morgan fingerprint density at radius 1 is 1.21 bits per heavy atom. The van der Waals surface area contributed by atoms with Crippen molar-refractivity contribution in [3.63, 3.8) is 0 Å². The summed E-state index contributed by atoms with van der Waals surface area (Å²) in [4.78, 5) is 8.25. The molecule has 0 amide bonds. The summed E-state index contributed by atoms with van der Waals surface area (Å²) in [5, 5.41) is 0. The van der Waals surface area contributed by atoms with Gasteiger partial charge >= 0.3 is 0 Å². The fourth-order valence-corrected chi connectivity index (χ4v) is 1.01. The lowest BCUT2D eigenvalue weighted by atomic mass is 10.2. The van der Waals surface area contributed by atoms with Crippen LogP contribution in [0.2, 0.25) is 0 Å². The molecule has 0 N–H and O–H groups in total. The van der Waals surface area contributed by atoms with E-state index >= 15 is 0 Å². The highest BCUT2D eigenvalue weighted by molar-refractivity contribution is 5.55. The van der Waals surface area contributed by atoms with Crippen LogP contribution < -0.4 is 0 Å². The van der Waals surface area contributed by atoms with Gasteiger partial charge in [-0.1, -0.05) is 24.3 Å². The van der Waals surface area contributed by atoms with Crippen LogP contribution in [0.3, 0.4) is 0 Å². The largest absolute Gasteiger partial charge is 0.284 e. The van der Waals surface area contributed by atoms with Crippen molar-refractivity contribution in [3.05, 3.63) is 36.1 Å². The molecule has 0 radical (unpaired) electrons. The molecule has 0 saturated carbocycles. The number of hydrogen-bond acceptors (Lipinski definition) is 2. The Kier molecular flexibility index (Phi) is 7.33. The van der Waals surface area contributed by atoms with E-state index in [1.807, 2.05) is 51.2 Å². The normalized spacial score (nSPS) is 15.8. The van der Waals surface area contributed by atoms with Crippen LogP contribution in [-0.2, 0) is 0 Å². The number of aliphatic imine (C=N–C) groups is 2. The zero-order valence-electron chi connectivity index (χ0n) is 9.14. The Bertz CT molecular complexity index is 258. The van der Waals surface area contributed by atoms with E-state index in [1.54, 1.807) is 6.21 Å². The Labute approximate surface area is 86.5 Å². The van der Waals surface area contributed by atoms with Crippen molar-refractivity contribution in [3.8, 4) is 0 Å². The Morgan fingerprint density at radius 2 is 1.93 bits per heavy atom. The van der Waals surface area contributed by atoms with Crippen LogP contribution >= 0.6 is 0 Å². The third-order valence-corrected chi connectivity index (χ3v) is 1.63. The summed E-state index contributed by atoms with van der Waals surface area (Å²) >= 11 is 0. The van der Waals surface area contributed by atoms with E-state index in [2.05, 4.69) is 16.7 Å². The molecule has 1 unspecified atom stereocenters. The van der Waals surface area contributed by atoms with Gasteiger partial charge in [-0.05, 0) is 39.8 Å². The lowest BCUT2D eigenvalue weighted by molar-refractivity contribution is 0.938. The smallest absolute Gasteiger partial charge is 0.110 e. The van der Waals surface area contributed by atoms with Crippen LogP contribution in [0.4, 0.5) is 0 Å². The Balaban J connectivity index is 4.83. The minimum absolute atomic E-state index is 0.0151. The fraction of sp³-hybridized carbons (Fsp3) is 0.333. The predicted molar refractivity (Wildman–Crippen MR) is 65.2 cm³/mol. The molecule has 0 aromatic heterocycles. The van der Waals surface area contributed by atoms with Gasteiger partial charge in [-0.25, -0.2) is 0 Å². The molecule has 2 nitrogen and oxygen atoms in total. The van der Waals surface area contributed by atoms with Gasteiger partial charge in [0.15, 0.2) is 0 Å². The van der Waals surface area contributed by atoms with E-state index < -0.39 is 0 Å². The Hall–Kier alpha value is -1.44. The quantitative estimate of drug-likeness (QED) is 0.361. The summed E-state index contributed by atoms with van der Waals surface area (Å²) in [6, 6.07) is -0.0151. The van der Waals surface area contributed by atoms with Gasteiger partial charge in [0, 0.05) is 0 Å². The molecule has 0 fully saturated rings. The summed E-state index contributed by atoms with van der Waals surface area (Å²) < 4.78 is 0. The third kappa shape index (κ3) is 4.55. The molecule has 1 atom stereocenters. The average Bonchev–Trinajstić information content (AvgIpc) is 2.19. The second-order valence-corrected chi connectivity index (χ2v) is 2.65. The zero-order valence-corrected chi connectivity index (χ0v) is 9.14. The molecule has 0 spiro atoms. The molecule has 0 aromatic carbocycles. The first-order chi connectivity index (χ1) is 6.79. The van der Waals surface area contributed by atoms with Crippen molar-refractivity contribution in [1.29, 1.82) is 0 Å². The first kappa shape index (κ1) is 12.6. The topological polar surface area (TPSA) is 24.7 Å². The zero-order chi connectivity index (χ0) is 10.8.